The van der Waals surface area contributed by atoms with E-state index < -0.39 is 0 Å². The summed E-state index contributed by atoms with van der Waals surface area (Å²) < 4.78 is 5.23. The van der Waals surface area contributed by atoms with Gasteiger partial charge in [0, 0.05) is 57.3 Å². The Morgan fingerprint density at radius 2 is 0.847 bits per heavy atom. The van der Waals surface area contributed by atoms with Crippen LogP contribution in [0, 0.1) is 0 Å². The molecule has 0 aliphatic rings. The predicted octanol–water partition coefficient (Wildman–Crippen LogP) is 17.2. The molecule has 0 amide bonds. The third kappa shape index (κ3) is 5.73. The highest BCUT2D eigenvalue weighted by Gasteiger charge is 2.21. The third-order valence-corrected chi connectivity index (χ3v) is 14.1. The van der Waals surface area contributed by atoms with E-state index >= 15 is 0 Å². The normalized spacial score (nSPS) is 11.7. The molecule has 0 aliphatic carbocycles. The van der Waals surface area contributed by atoms with Gasteiger partial charge >= 0.3 is 0 Å². The summed E-state index contributed by atoms with van der Waals surface area (Å²) in [5, 5.41) is 10.3. The molecular formula is C56H35NS2. The van der Waals surface area contributed by atoms with Crippen LogP contribution in [0.4, 0.5) is 17.1 Å². The molecule has 10 aromatic carbocycles. The molecule has 12 rings (SSSR count). The van der Waals surface area contributed by atoms with Crippen molar-refractivity contribution < 1.29 is 0 Å². The summed E-state index contributed by atoms with van der Waals surface area (Å²) in [7, 11) is 0. The van der Waals surface area contributed by atoms with E-state index in [1.807, 2.05) is 22.7 Å². The predicted molar refractivity (Wildman–Crippen MR) is 258 cm³/mol. The van der Waals surface area contributed by atoms with Gasteiger partial charge in [-0.15, -0.1) is 22.7 Å². The number of fused-ring (bicyclic) bond motifs is 9. The van der Waals surface area contributed by atoms with E-state index in [0.29, 0.717) is 0 Å². The van der Waals surface area contributed by atoms with Gasteiger partial charge in [0.1, 0.15) is 0 Å². The van der Waals surface area contributed by atoms with Gasteiger partial charge in [0.15, 0.2) is 0 Å². The molecule has 12 aromatic rings. The standard InChI is InChI=1S/C56H35NS2/c1-2-12-37(13-3-1)44-29-24-40(50-33-39-14-4-5-15-43(39)45-16-6-7-17-46(45)50)34-52(44)57(42-28-30-49-47-18-8-10-20-53(47)59-56(49)35-42)41-26-22-36(23-27-41)38-25-31-55-51(32-38)48-19-9-11-21-54(48)58-55/h1-35H. The van der Waals surface area contributed by atoms with Gasteiger partial charge in [-0.25, -0.2) is 0 Å². The van der Waals surface area contributed by atoms with Crippen molar-refractivity contribution in [1.82, 2.24) is 0 Å². The zero-order valence-corrected chi connectivity index (χ0v) is 33.6. The highest BCUT2D eigenvalue weighted by atomic mass is 32.1. The molecular weight excluding hydrogens is 751 g/mol. The summed E-state index contributed by atoms with van der Waals surface area (Å²) in [5.74, 6) is 0. The fourth-order valence-corrected chi connectivity index (χ4v) is 11.3. The van der Waals surface area contributed by atoms with Crippen LogP contribution in [0.25, 0.3) is 95.3 Å². The average Bonchev–Trinajstić information content (AvgIpc) is 3.87. The number of rotatable bonds is 6. The maximum absolute atomic E-state index is 2.47. The van der Waals surface area contributed by atoms with Crippen molar-refractivity contribution >= 4 is 102 Å². The fourth-order valence-electron chi connectivity index (χ4n) is 9.03. The Balaban J connectivity index is 1.08. The highest BCUT2D eigenvalue weighted by molar-refractivity contribution is 7.26. The second kappa shape index (κ2) is 13.8. The van der Waals surface area contributed by atoms with Crippen molar-refractivity contribution in [3.05, 3.63) is 212 Å². The Morgan fingerprint density at radius 1 is 0.271 bits per heavy atom. The molecule has 0 bridgehead atoms. The van der Waals surface area contributed by atoms with Gasteiger partial charge in [0.05, 0.1) is 5.69 Å². The second-order valence-corrected chi connectivity index (χ2v) is 17.4. The Hall–Kier alpha value is -7.04. The lowest BCUT2D eigenvalue weighted by molar-refractivity contribution is 1.29. The first-order valence-corrected chi connectivity index (χ1v) is 21.7. The van der Waals surface area contributed by atoms with Crippen LogP contribution in [0.2, 0.25) is 0 Å². The number of nitrogens with zero attached hydrogens (tertiary/aromatic N) is 1. The van der Waals surface area contributed by atoms with Crippen molar-refractivity contribution in [3.8, 4) is 33.4 Å². The van der Waals surface area contributed by atoms with E-state index in [1.54, 1.807) is 0 Å². The first-order valence-electron chi connectivity index (χ1n) is 20.1. The molecule has 59 heavy (non-hydrogen) atoms. The number of hydrogen-bond donors (Lipinski definition) is 0. The van der Waals surface area contributed by atoms with Gasteiger partial charge in [-0.1, -0.05) is 152 Å². The molecule has 0 atom stereocenters. The Morgan fingerprint density at radius 3 is 1.64 bits per heavy atom. The molecule has 0 unspecified atom stereocenters. The van der Waals surface area contributed by atoms with Crippen LogP contribution in [0.5, 0.6) is 0 Å². The Labute approximate surface area is 350 Å². The second-order valence-electron chi connectivity index (χ2n) is 15.3. The molecule has 0 saturated heterocycles. The lowest BCUT2D eigenvalue weighted by atomic mass is 9.91. The number of benzene rings is 10. The third-order valence-electron chi connectivity index (χ3n) is 11.9. The maximum Gasteiger partial charge on any atom is 0.0546 e. The minimum atomic E-state index is 1.11. The monoisotopic (exact) mass is 785 g/mol. The van der Waals surface area contributed by atoms with E-state index in [-0.39, 0.29) is 0 Å². The largest absolute Gasteiger partial charge is 0.310 e. The van der Waals surface area contributed by atoms with Crippen LogP contribution in [0.15, 0.2) is 212 Å². The molecule has 2 aromatic heterocycles. The number of anilines is 3. The summed E-state index contributed by atoms with van der Waals surface area (Å²) >= 11 is 3.73. The van der Waals surface area contributed by atoms with E-state index in [4.69, 9.17) is 0 Å². The number of hydrogen-bond acceptors (Lipinski definition) is 3. The molecule has 1 nitrogen and oxygen atoms in total. The van der Waals surface area contributed by atoms with Crippen LogP contribution in [0.1, 0.15) is 0 Å². The molecule has 0 fully saturated rings. The van der Waals surface area contributed by atoms with E-state index in [0.717, 1.165) is 17.1 Å². The zero-order valence-electron chi connectivity index (χ0n) is 32.0. The molecule has 0 saturated carbocycles. The summed E-state index contributed by atoms with van der Waals surface area (Å²) in [4.78, 5) is 2.47. The topological polar surface area (TPSA) is 3.24 Å². The highest BCUT2D eigenvalue weighted by Crippen LogP contribution is 2.47. The molecule has 0 spiro atoms. The minimum Gasteiger partial charge on any atom is -0.310 e. The van der Waals surface area contributed by atoms with E-state index in [2.05, 4.69) is 217 Å². The Bertz CT molecular complexity index is 3560. The van der Waals surface area contributed by atoms with E-state index in [1.165, 1.54) is 95.3 Å². The minimum absolute atomic E-state index is 1.11. The SMILES string of the molecule is c1ccc(-c2ccc(-c3cc4ccccc4c4ccccc34)cc2N(c2ccc(-c3ccc4sc5ccccc5c4c3)cc2)c2ccc3c(c2)sc2ccccc23)cc1. The van der Waals surface area contributed by atoms with Crippen molar-refractivity contribution in [2.75, 3.05) is 4.90 Å². The summed E-state index contributed by atoms with van der Waals surface area (Å²) in [6, 6.07) is 78.4. The van der Waals surface area contributed by atoms with Crippen LogP contribution >= 0.6 is 22.7 Å². The molecule has 0 N–H and O–H groups in total. The molecule has 3 heteroatoms. The molecule has 0 radical (unpaired) electrons. The van der Waals surface area contributed by atoms with Crippen LogP contribution in [-0.2, 0) is 0 Å². The molecule has 0 aliphatic heterocycles. The van der Waals surface area contributed by atoms with Gasteiger partial charge in [-0.2, -0.15) is 0 Å². The Kier molecular flexibility index (Phi) is 7.97. The van der Waals surface area contributed by atoms with Crippen LogP contribution < -0.4 is 4.90 Å². The van der Waals surface area contributed by atoms with Crippen molar-refractivity contribution in [2.24, 2.45) is 0 Å². The molecule has 2 heterocycles. The smallest absolute Gasteiger partial charge is 0.0546 e. The molecule has 276 valence electrons. The van der Waals surface area contributed by atoms with Crippen molar-refractivity contribution in [2.45, 2.75) is 0 Å². The van der Waals surface area contributed by atoms with Crippen molar-refractivity contribution in [1.29, 1.82) is 0 Å². The summed E-state index contributed by atoms with van der Waals surface area (Å²) in [6.07, 6.45) is 0. The summed E-state index contributed by atoms with van der Waals surface area (Å²) in [6.45, 7) is 0. The number of thiophene rings is 2. The van der Waals surface area contributed by atoms with Crippen molar-refractivity contribution in [3.63, 3.8) is 0 Å². The lowest BCUT2D eigenvalue weighted by Crippen LogP contribution is -2.11. The van der Waals surface area contributed by atoms with Crippen LogP contribution in [0.3, 0.4) is 0 Å². The van der Waals surface area contributed by atoms with Gasteiger partial charge in [0.25, 0.3) is 0 Å². The first-order chi connectivity index (χ1) is 29.2. The first kappa shape index (κ1) is 34.0. The van der Waals surface area contributed by atoms with Gasteiger partial charge in [-0.3, -0.25) is 0 Å². The van der Waals surface area contributed by atoms with Gasteiger partial charge < -0.3 is 4.90 Å². The lowest BCUT2D eigenvalue weighted by Gasteiger charge is -2.29. The van der Waals surface area contributed by atoms with Crippen LogP contribution in [-0.4, -0.2) is 0 Å². The average molecular weight is 786 g/mol. The fraction of sp³-hybridized carbons (Fsp3) is 0. The van der Waals surface area contributed by atoms with Gasteiger partial charge in [0.2, 0.25) is 0 Å². The zero-order chi connectivity index (χ0) is 38.9. The quantitative estimate of drug-likeness (QED) is 0.152. The summed E-state index contributed by atoms with van der Waals surface area (Å²) in [5.41, 5.74) is 10.5. The van der Waals surface area contributed by atoms with E-state index in [9.17, 15) is 0 Å². The van der Waals surface area contributed by atoms with Gasteiger partial charge in [-0.05, 0) is 110 Å². The maximum atomic E-state index is 2.47.